The molecule has 31 heavy (non-hydrogen) atoms. The molecule has 2 amide bonds. The van der Waals surface area contributed by atoms with Gasteiger partial charge in [0, 0.05) is 39.1 Å². The van der Waals surface area contributed by atoms with Crippen LogP contribution >= 0.6 is 0 Å². The van der Waals surface area contributed by atoms with E-state index >= 15 is 0 Å². The Morgan fingerprint density at radius 3 is 2.48 bits per heavy atom. The number of hydrogen-bond acceptors (Lipinski definition) is 5. The first kappa shape index (κ1) is 22.5. The molecule has 7 nitrogen and oxygen atoms in total. The van der Waals surface area contributed by atoms with Crippen LogP contribution < -0.4 is 0 Å². The minimum Gasteiger partial charge on any atom is -0.426 e. The van der Waals surface area contributed by atoms with Crippen LogP contribution in [0.15, 0.2) is 48.8 Å². The minimum atomic E-state index is -5.02. The number of halogens is 3. The number of hydrogen-bond donors (Lipinski definition) is 0. The lowest BCUT2D eigenvalue weighted by atomic mass is 10.0. The number of nitrogens with zero attached hydrogens (tertiary/aromatic N) is 3. The van der Waals surface area contributed by atoms with Crippen molar-refractivity contribution in [3.63, 3.8) is 0 Å². The highest BCUT2D eigenvalue weighted by Gasteiger charge is 2.50. The van der Waals surface area contributed by atoms with Gasteiger partial charge in [0.1, 0.15) is 0 Å². The topological polar surface area (TPSA) is 72.0 Å². The number of rotatable bonds is 5. The van der Waals surface area contributed by atoms with Gasteiger partial charge in [0.2, 0.25) is 0 Å². The van der Waals surface area contributed by atoms with Crippen LogP contribution in [0.2, 0.25) is 0 Å². The van der Waals surface area contributed by atoms with Crippen LogP contribution in [0.25, 0.3) is 11.1 Å². The number of amides is 2. The average Bonchev–Trinajstić information content (AvgIpc) is 2.77. The number of carbonyl (C=O) groups excluding carboxylic acids is 2. The Labute approximate surface area is 177 Å². The predicted molar refractivity (Wildman–Crippen MR) is 105 cm³/mol. The summed E-state index contributed by atoms with van der Waals surface area (Å²) in [5.41, 5.74) is 2.48. The molecule has 1 unspecified atom stereocenters. The van der Waals surface area contributed by atoms with E-state index in [0.29, 0.717) is 5.56 Å². The van der Waals surface area contributed by atoms with Gasteiger partial charge >= 0.3 is 12.3 Å². The van der Waals surface area contributed by atoms with Crippen molar-refractivity contribution in [3.8, 4) is 11.1 Å². The molecule has 2 heterocycles. The summed E-state index contributed by atoms with van der Waals surface area (Å²) in [5, 5.41) is 0. The summed E-state index contributed by atoms with van der Waals surface area (Å²) in [5.74, 6) is -1.29. The molecule has 0 spiro atoms. The van der Waals surface area contributed by atoms with Gasteiger partial charge in [-0.25, -0.2) is 4.79 Å². The molecule has 0 saturated carbocycles. The normalized spacial score (nSPS) is 15.3. The molecular formula is C21H22F3N3O4. The lowest BCUT2D eigenvalue weighted by molar-refractivity contribution is -0.213. The summed E-state index contributed by atoms with van der Waals surface area (Å²) in [6, 6.07) is 10.9. The van der Waals surface area contributed by atoms with Crippen molar-refractivity contribution in [2.24, 2.45) is 0 Å². The van der Waals surface area contributed by atoms with Gasteiger partial charge in [-0.1, -0.05) is 18.2 Å². The second-order valence-electron chi connectivity index (χ2n) is 7.04. The van der Waals surface area contributed by atoms with Crippen LogP contribution in [0.4, 0.5) is 18.0 Å². The number of aromatic nitrogens is 1. The fourth-order valence-corrected chi connectivity index (χ4v) is 3.13. The molecular weight excluding hydrogens is 415 g/mol. The van der Waals surface area contributed by atoms with Crippen molar-refractivity contribution in [2.75, 3.05) is 33.4 Å². The lowest BCUT2D eigenvalue weighted by Gasteiger charge is -2.31. The first-order chi connectivity index (χ1) is 14.8. The zero-order valence-corrected chi connectivity index (χ0v) is 16.8. The van der Waals surface area contributed by atoms with E-state index in [1.807, 2.05) is 24.3 Å². The summed E-state index contributed by atoms with van der Waals surface area (Å²) >= 11 is 0. The van der Waals surface area contributed by atoms with Gasteiger partial charge in [-0.3, -0.25) is 9.78 Å². The molecule has 1 saturated heterocycles. The van der Waals surface area contributed by atoms with Gasteiger partial charge in [-0.2, -0.15) is 13.2 Å². The Morgan fingerprint density at radius 2 is 1.84 bits per heavy atom. The van der Waals surface area contributed by atoms with Gasteiger partial charge in [-0.05, 0) is 34.9 Å². The average molecular weight is 437 g/mol. The molecule has 1 aliphatic rings. The van der Waals surface area contributed by atoms with Crippen molar-refractivity contribution >= 4 is 12.0 Å². The fourth-order valence-electron chi connectivity index (χ4n) is 3.13. The third kappa shape index (κ3) is 5.94. The number of pyridine rings is 1. The highest BCUT2D eigenvalue weighted by atomic mass is 19.4. The van der Waals surface area contributed by atoms with E-state index in [-0.39, 0.29) is 32.8 Å². The summed E-state index contributed by atoms with van der Waals surface area (Å²) < 4.78 is 50.0. The summed E-state index contributed by atoms with van der Waals surface area (Å²) in [6.07, 6.45) is -5.82. The van der Waals surface area contributed by atoms with E-state index in [1.165, 1.54) is 7.05 Å². The van der Waals surface area contributed by atoms with E-state index in [4.69, 9.17) is 4.74 Å². The van der Waals surface area contributed by atoms with Gasteiger partial charge in [0.25, 0.3) is 12.0 Å². The SMILES string of the molecule is CN(Cc1cccc(-c2ccncc2)c1)C(=O)OC(C(=O)N1CCOCC1)C(F)(F)F. The Bertz CT molecular complexity index is 902. The number of carbonyl (C=O) groups is 2. The van der Waals surface area contributed by atoms with E-state index in [0.717, 1.165) is 20.9 Å². The maximum Gasteiger partial charge on any atom is 0.434 e. The van der Waals surface area contributed by atoms with Crippen LogP contribution in [0.1, 0.15) is 5.56 Å². The predicted octanol–water partition coefficient (Wildman–Crippen LogP) is 3.11. The molecule has 1 aromatic carbocycles. The minimum absolute atomic E-state index is 0.00801. The second kappa shape index (κ2) is 9.78. The maximum atomic E-state index is 13.4. The van der Waals surface area contributed by atoms with Gasteiger partial charge in [0.15, 0.2) is 0 Å². The van der Waals surface area contributed by atoms with Crippen LogP contribution in [-0.4, -0.2) is 72.4 Å². The van der Waals surface area contributed by atoms with Crippen LogP contribution in [0.3, 0.4) is 0 Å². The van der Waals surface area contributed by atoms with E-state index in [1.54, 1.807) is 24.5 Å². The van der Waals surface area contributed by atoms with Crippen molar-refractivity contribution in [1.82, 2.24) is 14.8 Å². The molecule has 3 rings (SSSR count). The molecule has 0 aliphatic carbocycles. The van der Waals surface area contributed by atoms with Crippen LogP contribution in [-0.2, 0) is 20.8 Å². The molecule has 2 aromatic rings. The molecule has 166 valence electrons. The Morgan fingerprint density at radius 1 is 1.16 bits per heavy atom. The Balaban J connectivity index is 1.67. The first-order valence-electron chi connectivity index (χ1n) is 9.60. The summed E-state index contributed by atoms with van der Waals surface area (Å²) in [4.78, 5) is 30.6. The maximum absolute atomic E-state index is 13.4. The Kier molecular flexibility index (Phi) is 7.11. The number of morpholine rings is 1. The highest BCUT2D eigenvalue weighted by Crippen LogP contribution is 2.26. The smallest absolute Gasteiger partial charge is 0.426 e. The lowest BCUT2D eigenvalue weighted by Crippen LogP contribution is -2.52. The van der Waals surface area contributed by atoms with Crippen LogP contribution in [0, 0.1) is 0 Å². The number of alkyl halides is 3. The van der Waals surface area contributed by atoms with Gasteiger partial charge < -0.3 is 19.3 Å². The standard InChI is InChI=1S/C21H22F3N3O4/c1-26(14-15-3-2-4-17(13-15)16-5-7-25-8-6-16)20(29)31-18(21(22,23)24)19(28)27-9-11-30-12-10-27/h2-8,13,18H,9-12,14H2,1H3. The zero-order chi connectivity index (χ0) is 22.4. The molecule has 0 N–H and O–H groups in total. The monoisotopic (exact) mass is 437 g/mol. The first-order valence-corrected chi connectivity index (χ1v) is 9.60. The quantitative estimate of drug-likeness (QED) is 0.719. The second-order valence-corrected chi connectivity index (χ2v) is 7.04. The fraction of sp³-hybridized carbons (Fsp3) is 0.381. The third-order valence-corrected chi connectivity index (χ3v) is 4.74. The summed E-state index contributed by atoms with van der Waals surface area (Å²) in [6.45, 7) is 0.311. The van der Waals surface area contributed by atoms with Gasteiger partial charge in [0.05, 0.1) is 13.2 Å². The molecule has 1 aromatic heterocycles. The Hall–Kier alpha value is -3.14. The number of ether oxygens (including phenoxy) is 2. The molecule has 0 radical (unpaired) electrons. The van der Waals surface area contributed by atoms with Crippen molar-refractivity contribution in [1.29, 1.82) is 0 Å². The van der Waals surface area contributed by atoms with Crippen LogP contribution in [0.5, 0.6) is 0 Å². The van der Waals surface area contributed by atoms with E-state index < -0.39 is 24.3 Å². The van der Waals surface area contributed by atoms with Crippen molar-refractivity contribution in [3.05, 3.63) is 54.4 Å². The third-order valence-electron chi connectivity index (χ3n) is 4.74. The molecule has 10 heteroatoms. The van der Waals surface area contributed by atoms with Crippen molar-refractivity contribution in [2.45, 2.75) is 18.8 Å². The molecule has 1 aliphatic heterocycles. The zero-order valence-electron chi connectivity index (χ0n) is 16.8. The largest absolute Gasteiger partial charge is 0.434 e. The molecule has 0 bridgehead atoms. The summed E-state index contributed by atoms with van der Waals surface area (Å²) in [7, 11) is 1.31. The number of benzene rings is 1. The van der Waals surface area contributed by atoms with E-state index in [9.17, 15) is 22.8 Å². The van der Waals surface area contributed by atoms with Gasteiger partial charge in [-0.15, -0.1) is 0 Å². The van der Waals surface area contributed by atoms with E-state index in [2.05, 4.69) is 9.72 Å². The molecule has 1 atom stereocenters. The highest BCUT2D eigenvalue weighted by molar-refractivity contribution is 5.84. The van der Waals surface area contributed by atoms with Crippen molar-refractivity contribution < 1.29 is 32.2 Å². The molecule has 1 fully saturated rings.